The molecule has 104 valence electrons. The molecule has 0 radical (unpaired) electrons. The fourth-order valence-electron chi connectivity index (χ4n) is 1.57. The van der Waals surface area contributed by atoms with Gasteiger partial charge in [-0.3, -0.25) is 10.1 Å². The summed E-state index contributed by atoms with van der Waals surface area (Å²) in [6, 6.07) is 6.18. The maximum atomic E-state index is 10.9. The van der Waals surface area contributed by atoms with Crippen molar-refractivity contribution in [2.75, 3.05) is 11.9 Å². The second-order valence-electron chi connectivity index (χ2n) is 4.04. The van der Waals surface area contributed by atoms with Gasteiger partial charge in [-0.15, -0.1) is 0 Å². The lowest BCUT2D eigenvalue weighted by molar-refractivity contribution is -0.385. The summed E-state index contributed by atoms with van der Waals surface area (Å²) in [6.45, 7) is 4.37. The summed E-state index contributed by atoms with van der Waals surface area (Å²) in [4.78, 5) is 18.7. The zero-order valence-electron chi connectivity index (χ0n) is 11.2. The van der Waals surface area contributed by atoms with Gasteiger partial charge < -0.3 is 10.1 Å². The molecule has 0 fully saturated rings. The van der Waals surface area contributed by atoms with Gasteiger partial charge in [0.2, 0.25) is 17.6 Å². The number of hydrogen-bond acceptors (Lipinski definition) is 6. The molecule has 0 aliphatic carbocycles. The van der Waals surface area contributed by atoms with Gasteiger partial charge in [-0.25, -0.2) is 4.98 Å². The van der Waals surface area contributed by atoms with Crippen molar-refractivity contribution < 1.29 is 9.66 Å². The molecule has 0 amide bonds. The third-order valence-corrected chi connectivity index (χ3v) is 2.53. The Hall–Kier alpha value is -2.70. The van der Waals surface area contributed by atoms with Gasteiger partial charge in [0.1, 0.15) is 0 Å². The third kappa shape index (κ3) is 3.00. The summed E-state index contributed by atoms with van der Waals surface area (Å²) in [7, 11) is 0. The number of ether oxygens (including phenoxy) is 1. The smallest absolute Gasteiger partial charge is 0.311 e. The number of nitro benzene ring substituents is 1. The highest BCUT2D eigenvalue weighted by atomic mass is 16.6. The molecule has 2 aromatic rings. The number of nitrogens with zero attached hydrogens (tertiary/aromatic N) is 3. The first-order valence-corrected chi connectivity index (χ1v) is 6.10. The van der Waals surface area contributed by atoms with Crippen LogP contribution in [0.2, 0.25) is 0 Å². The lowest BCUT2D eigenvalue weighted by atomic mass is 10.3. The minimum absolute atomic E-state index is 0.101. The van der Waals surface area contributed by atoms with Gasteiger partial charge in [0.15, 0.2) is 0 Å². The third-order valence-electron chi connectivity index (χ3n) is 2.53. The molecule has 20 heavy (non-hydrogen) atoms. The van der Waals surface area contributed by atoms with E-state index in [1.54, 1.807) is 25.3 Å². The number of hydrogen-bond donors (Lipinski definition) is 1. The van der Waals surface area contributed by atoms with Crippen LogP contribution < -0.4 is 10.1 Å². The van der Waals surface area contributed by atoms with E-state index in [0.717, 1.165) is 0 Å². The van der Waals surface area contributed by atoms with Crippen molar-refractivity contribution in [3.8, 4) is 11.6 Å². The van der Waals surface area contributed by atoms with Crippen molar-refractivity contribution in [2.45, 2.75) is 13.8 Å². The minimum Gasteiger partial charge on any atom is -0.431 e. The standard InChI is InChI=1S/C13H14N4O3/c1-3-14-13-15-8-9(2)12(16-13)20-11-7-5-4-6-10(11)17(18)19/h4-8H,3H2,1-2H3,(H,14,15,16). The molecule has 1 N–H and O–H groups in total. The van der Waals surface area contributed by atoms with Crippen LogP contribution in [0.3, 0.4) is 0 Å². The summed E-state index contributed by atoms with van der Waals surface area (Å²) < 4.78 is 5.56. The Bertz CT molecular complexity index is 631. The van der Waals surface area contributed by atoms with Crippen molar-refractivity contribution >= 4 is 11.6 Å². The first-order valence-electron chi connectivity index (χ1n) is 6.10. The van der Waals surface area contributed by atoms with Crippen LogP contribution in [0.15, 0.2) is 30.5 Å². The fraction of sp³-hybridized carbons (Fsp3) is 0.231. The molecule has 2 rings (SSSR count). The van der Waals surface area contributed by atoms with Crippen molar-refractivity contribution in [1.82, 2.24) is 9.97 Å². The first-order chi connectivity index (χ1) is 9.61. The number of benzene rings is 1. The van der Waals surface area contributed by atoms with Crippen molar-refractivity contribution in [2.24, 2.45) is 0 Å². The van der Waals surface area contributed by atoms with Gasteiger partial charge in [-0.05, 0) is 19.9 Å². The first kappa shape index (κ1) is 13.7. The molecule has 0 saturated carbocycles. The van der Waals surface area contributed by atoms with Gasteiger partial charge in [0.05, 0.1) is 4.92 Å². The second kappa shape index (κ2) is 5.96. The topological polar surface area (TPSA) is 90.2 Å². The monoisotopic (exact) mass is 274 g/mol. The van der Waals surface area contributed by atoms with Gasteiger partial charge >= 0.3 is 5.69 Å². The number of aromatic nitrogens is 2. The van der Waals surface area contributed by atoms with Gasteiger partial charge in [0, 0.05) is 24.4 Å². The van der Waals surface area contributed by atoms with E-state index in [9.17, 15) is 10.1 Å². The maximum absolute atomic E-state index is 10.9. The zero-order chi connectivity index (χ0) is 14.5. The number of nitrogens with one attached hydrogen (secondary N) is 1. The molecule has 1 heterocycles. The van der Waals surface area contributed by atoms with Gasteiger partial charge in [-0.1, -0.05) is 12.1 Å². The van der Waals surface area contributed by atoms with Crippen LogP contribution in [0, 0.1) is 17.0 Å². The Labute approximate surface area is 115 Å². The predicted octanol–water partition coefficient (Wildman–Crippen LogP) is 2.92. The van der Waals surface area contributed by atoms with Crippen LogP contribution in [-0.2, 0) is 0 Å². The van der Waals surface area contributed by atoms with Crippen LogP contribution in [0.4, 0.5) is 11.6 Å². The number of nitro groups is 1. The quantitative estimate of drug-likeness (QED) is 0.666. The number of para-hydroxylation sites is 2. The molecule has 0 aliphatic heterocycles. The molecule has 0 bridgehead atoms. The van der Waals surface area contributed by atoms with E-state index in [-0.39, 0.29) is 11.4 Å². The van der Waals surface area contributed by atoms with Crippen LogP contribution in [0.1, 0.15) is 12.5 Å². The van der Waals surface area contributed by atoms with E-state index in [0.29, 0.717) is 23.9 Å². The molecular weight excluding hydrogens is 260 g/mol. The Balaban J connectivity index is 2.34. The van der Waals surface area contributed by atoms with Crippen LogP contribution >= 0.6 is 0 Å². The summed E-state index contributed by atoms with van der Waals surface area (Å²) in [5.41, 5.74) is 0.598. The molecule has 0 saturated heterocycles. The van der Waals surface area contributed by atoms with E-state index < -0.39 is 4.92 Å². The fourth-order valence-corrected chi connectivity index (χ4v) is 1.57. The molecule has 7 nitrogen and oxygen atoms in total. The molecule has 1 aromatic heterocycles. The molecular formula is C13H14N4O3. The van der Waals surface area contributed by atoms with E-state index >= 15 is 0 Å². The normalized spacial score (nSPS) is 10.1. The Morgan fingerprint density at radius 3 is 2.85 bits per heavy atom. The van der Waals surface area contributed by atoms with E-state index in [1.807, 2.05) is 6.92 Å². The average Bonchev–Trinajstić information content (AvgIpc) is 2.43. The Morgan fingerprint density at radius 2 is 2.15 bits per heavy atom. The molecule has 1 aromatic carbocycles. The van der Waals surface area contributed by atoms with Crippen LogP contribution in [0.5, 0.6) is 11.6 Å². The number of rotatable bonds is 5. The molecule has 0 unspecified atom stereocenters. The molecule has 0 atom stereocenters. The summed E-state index contributed by atoms with van der Waals surface area (Å²) in [6.07, 6.45) is 1.61. The SMILES string of the molecule is CCNc1ncc(C)c(Oc2ccccc2[N+](=O)[O-])n1. The van der Waals surface area contributed by atoms with Crippen molar-refractivity contribution in [1.29, 1.82) is 0 Å². The van der Waals surface area contributed by atoms with Crippen molar-refractivity contribution in [3.63, 3.8) is 0 Å². The molecule has 7 heteroatoms. The maximum Gasteiger partial charge on any atom is 0.311 e. The minimum atomic E-state index is -0.489. The Morgan fingerprint density at radius 1 is 1.40 bits per heavy atom. The van der Waals surface area contributed by atoms with Crippen LogP contribution in [-0.4, -0.2) is 21.4 Å². The zero-order valence-corrected chi connectivity index (χ0v) is 11.2. The second-order valence-corrected chi connectivity index (χ2v) is 4.04. The Kier molecular flexibility index (Phi) is 4.09. The molecule has 0 spiro atoms. The largest absolute Gasteiger partial charge is 0.431 e. The summed E-state index contributed by atoms with van der Waals surface area (Å²) >= 11 is 0. The number of aryl methyl sites for hydroxylation is 1. The summed E-state index contributed by atoms with van der Waals surface area (Å²) in [5, 5.41) is 13.9. The van der Waals surface area contributed by atoms with Gasteiger partial charge in [-0.2, -0.15) is 4.98 Å². The number of anilines is 1. The molecule has 0 aliphatic rings. The lowest BCUT2D eigenvalue weighted by Gasteiger charge is -2.09. The highest BCUT2D eigenvalue weighted by Crippen LogP contribution is 2.31. The highest BCUT2D eigenvalue weighted by molar-refractivity contribution is 5.48. The highest BCUT2D eigenvalue weighted by Gasteiger charge is 2.16. The van der Waals surface area contributed by atoms with Gasteiger partial charge in [0.25, 0.3) is 0 Å². The predicted molar refractivity (Wildman–Crippen MR) is 74.1 cm³/mol. The summed E-state index contributed by atoms with van der Waals surface area (Å²) in [5.74, 6) is 0.874. The van der Waals surface area contributed by atoms with E-state index in [1.165, 1.54) is 12.1 Å². The average molecular weight is 274 g/mol. The lowest BCUT2D eigenvalue weighted by Crippen LogP contribution is -2.04. The van der Waals surface area contributed by atoms with E-state index in [4.69, 9.17) is 4.74 Å². The van der Waals surface area contributed by atoms with E-state index in [2.05, 4.69) is 15.3 Å². The van der Waals surface area contributed by atoms with Crippen LogP contribution in [0.25, 0.3) is 0 Å². The van der Waals surface area contributed by atoms with Crippen molar-refractivity contribution in [3.05, 3.63) is 46.1 Å².